The number of para-hydroxylation sites is 2. The van der Waals surface area contributed by atoms with Crippen LogP contribution in [0.3, 0.4) is 0 Å². The average molecular weight is 481 g/mol. The highest BCUT2D eigenvalue weighted by Crippen LogP contribution is 2.47. The molecule has 0 fully saturated rings. The number of allylic oxidation sites excluding steroid dienone is 1. The first-order valence-electron chi connectivity index (χ1n) is 12.0. The molecule has 36 heavy (non-hydrogen) atoms. The second-order valence-corrected chi connectivity index (χ2v) is 9.38. The van der Waals surface area contributed by atoms with E-state index in [0.717, 1.165) is 22.5 Å². The average Bonchev–Trinajstić information content (AvgIpc) is 3.03. The molecule has 0 spiro atoms. The summed E-state index contributed by atoms with van der Waals surface area (Å²) < 4.78 is 4.83. The van der Waals surface area contributed by atoms with Gasteiger partial charge in [-0.2, -0.15) is 0 Å². The monoisotopic (exact) mass is 480 g/mol. The van der Waals surface area contributed by atoms with E-state index in [1.165, 1.54) is 19.6 Å². The summed E-state index contributed by atoms with van der Waals surface area (Å²) in [7, 11) is 1.34. The summed E-state index contributed by atoms with van der Waals surface area (Å²) in [6.45, 7) is 3.56. The summed E-state index contributed by atoms with van der Waals surface area (Å²) in [6.07, 6.45) is 1.02. The van der Waals surface area contributed by atoms with Crippen molar-refractivity contribution in [1.82, 2.24) is 0 Å². The van der Waals surface area contributed by atoms with Crippen LogP contribution in [0, 0.1) is 6.92 Å². The van der Waals surface area contributed by atoms with Gasteiger partial charge in [0.05, 0.1) is 30.1 Å². The SMILES string of the molecule is COC(=O)c1ccc([C@H]2C3=C(C[C@@H](c4ccc(C)cc4)CC3=O)Nc3ccccc3N2C(C)=O)cc1. The largest absolute Gasteiger partial charge is 0.465 e. The Morgan fingerprint density at radius 1 is 0.917 bits per heavy atom. The van der Waals surface area contributed by atoms with Gasteiger partial charge in [-0.05, 0) is 54.7 Å². The Hall–Kier alpha value is -4.19. The number of amides is 1. The number of rotatable bonds is 3. The quantitative estimate of drug-likeness (QED) is 0.487. The Kier molecular flexibility index (Phi) is 6.18. The molecule has 0 aromatic heterocycles. The molecule has 0 saturated carbocycles. The molecule has 1 aliphatic heterocycles. The van der Waals surface area contributed by atoms with Gasteiger partial charge in [0, 0.05) is 24.6 Å². The van der Waals surface area contributed by atoms with E-state index in [4.69, 9.17) is 4.74 Å². The van der Waals surface area contributed by atoms with Crippen molar-refractivity contribution in [2.24, 2.45) is 0 Å². The fourth-order valence-electron chi connectivity index (χ4n) is 5.25. The molecule has 1 N–H and O–H groups in total. The number of carbonyl (C=O) groups excluding carboxylic acids is 3. The Morgan fingerprint density at radius 2 is 1.58 bits per heavy atom. The highest BCUT2D eigenvalue weighted by molar-refractivity contribution is 6.06. The molecule has 1 aliphatic carbocycles. The molecule has 0 bridgehead atoms. The van der Waals surface area contributed by atoms with Crippen LogP contribution in [-0.4, -0.2) is 24.8 Å². The van der Waals surface area contributed by atoms with Crippen molar-refractivity contribution in [1.29, 1.82) is 0 Å². The number of nitrogens with zero attached hydrogens (tertiary/aromatic N) is 1. The van der Waals surface area contributed by atoms with Crippen LogP contribution in [0.4, 0.5) is 11.4 Å². The maximum absolute atomic E-state index is 13.8. The van der Waals surface area contributed by atoms with E-state index in [9.17, 15) is 14.4 Å². The van der Waals surface area contributed by atoms with Crippen molar-refractivity contribution < 1.29 is 19.1 Å². The summed E-state index contributed by atoms with van der Waals surface area (Å²) in [5, 5.41) is 3.52. The van der Waals surface area contributed by atoms with Crippen LogP contribution >= 0.6 is 0 Å². The molecule has 6 heteroatoms. The number of Topliss-reactive ketones (excluding diaryl/α,β-unsaturated/α-hetero) is 1. The van der Waals surface area contributed by atoms with Crippen LogP contribution in [-0.2, 0) is 14.3 Å². The Bertz CT molecular complexity index is 1370. The van der Waals surface area contributed by atoms with Crippen molar-refractivity contribution in [3.8, 4) is 0 Å². The highest BCUT2D eigenvalue weighted by Gasteiger charge is 2.40. The number of esters is 1. The predicted octanol–water partition coefficient (Wildman–Crippen LogP) is 5.70. The number of fused-ring (bicyclic) bond motifs is 1. The minimum atomic E-state index is -0.619. The van der Waals surface area contributed by atoms with Crippen LogP contribution in [0.5, 0.6) is 0 Å². The molecule has 3 aromatic rings. The zero-order valence-corrected chi connectivity index (χ0v) is 20.6. The standard InChI is InChI=1S/C30H28N2O4/c1-18-8-10-20(11-9-18)23-16-25-28(27(34)17-23)29(21-12-14-22(15-13-21)30(35)36-3)32(19(2)33)26-7-5-4-6-24(26)31-25/h4-15,23,29,31H,16-17H2,1-3H3/t23-,29+/m1/s1. The number of hydrogen-bond acceptors (Lipinski definition) is 5. The van der Waals surface area contributed by atoms with Gasteiger partial charge < -0.3 is 10.1 Å². The molecule has 0 saturated heterocycles. The van der Waals surface area contributed by atoms with Crippen molar-refractivity contribution in [3.05, 3.63) is 106 Å². The van der Waals surface area contributed by atoms with E-state index in [2.05, 4.69) is 29.6 Å². The predicted molar refractivity (Wildman–Crippen MR) is 139 cm³/mol. The first-order valence-corrected chi connectivity index (χ1v) is 12.0. The second-order valence-electron chi connectivity index (χ2n) is 9.38. The van der Waals surface area contributed by atoms with Gasteiger partial charge in [-0.15, -0.1) is 0 Å². The first kappa shape index (κ1) is 23.5. The molecule has 5 rings (SSSR count). The minimum absolute atomic E-state index is 0.00965. The van der Waals surface area contributed by atoms with Crippen molar-refractivity contribution >= 4 is 29.0 Å². The number of nitrogens with one attached hydrogen (secondary N) is 1. The molecule has 2 aliphatic rings. The van der Waals surface area contributed by atoms with Gasteiger partial charge >= 0.3 is 5.97 Å². The first-order chi connectivity index (χ1) is 17.4. The number of anilines is 2. The van der Waals surface area contributed by atoms with Gasteiger partial charge in [-0.25, -0.2) is 4.79 Å². The van der Waals surface area contributed by atoms with Gasteiger partial charge in [0.2, 0.25) is 5.91 Å². The number of ketones is 1. The zero-order valence-electron chi connectivity index (χ0n) is 20.6. The van der Waals surface area contributed by atoms with Crippen molar-refractivity contribution in [2.75, 3.05) is 17.3 Å². The number of ether oxygens (including phenoxy) is 1. The number of carbonyl (C=O) groups is 3. The van der Waals surface area contributed by atoms with E-state index in [-0.39, 0.29) is 17.6 Å². The lowest BCUT2D eigenvalue weighted by Gasteiger charge is -2.34. The lowest BCUT2D eigenvalue weighted by molar-refractivity contribution is -0.117. The zero-order chi connectivity index (χ0) is 25.4. The molecular weight excluding hydrogens is 452 g/mol. The number of aryl methyl sites for hydroxylation is 1. The summed E-state index contributed by atoms with van der Waals surface area (Å²) in [4.78, 5) is 40.6. The van der Waals surface area contributed by atoms with Gasteiger partial charge in [-0.1, -0.05) is 54.1 Å². The fraction of sp³-hybridized carbons (Fsp3) is 0.233. The maximum Gasteiger partial charge on any atom is 0.337 e. The van der Waals surface area contributed by atoms with Crippen LogP contribution in [0.2, 0.25) is 0 Å². The second kappa shape index (κ2) is 9.46. The third-order valence-corrected chi connectivity index (χ3v) is 7.02. The van der Waals surface area contributed by atoms with Gasteiger partial charge in [0.25, 0.3) is 0 Å². The number of hydrogen-bond donors (Lipinski definition) is 1. The summed E-state index contributed by atoms with van der Waals surface area (Å²) in [5.74, 6) is -0.556. The number of methoxy groups -OCH3 is 1. The van der Waals surface area contributed by atoms with E-state index in [1.54, 1.807) is 29.2 Å². The van der Waals surface area contributed by atoms with Crippen molar-refractivity contribution in [2.45, 2.75) is 38.6 Å². The molecule has 3 aromatic carbocycles. The van der Waals surface area contributed by atoms with Crippen LogP contribution in [0.1, 0.15) is 58.8 Å². The Morgan fingerprint density at radius 3 is 2.25 bits per heavy atom. The molecule has 0 unspecified atom stereocenters. The molecule has 1 heterocycles. The smallest absolute Gasteiger partial charge is 0.337 e. The van der Waals surface area contributed by atoms with Crippen LogP contribution < -0.4 is 10.2 Å². The molecule has 6 nitrogen and oxygen atoms in total. The third-order valence-electron chi connectivity index (χ3n) is 7.02. The summed E-state index contributed by atoms with van der Waals surface area (Å²) >= 11 is 0. The lowest BCUT2D eigenvalue weighted by Crippen LogP contribution is -2.37. The number of benzene rings is 3. The maximum atomic E-state index is 13.8. The molecule has 182 valence electrons. The van der Waals surface area contributed by atoms with Crippen molar-refractivity contribution in [3.63, 3.8) is 0 Å². The molecule has 0 radical (unpaired) electrons. The minimum Gasteiger partial charge on any atom is -0.465 e. The molecule has 2 atom stereocenters. The van der Waals surface area contributed by atoms with Gasteiger partial charge in [0.1, 0.15) is 0 Å². The summed E-state index contributed by atoms with van der Waals surface area (Å²) in [5.41, 5.74) is 6.38. The Balaban J connectivity index is 1.66. The highest BCUT2D eigenvalue weighted by atomic mass is 16.5. The van der Waals surface area contributed by atoms with E-state index in [0.29, 0.717) is 29.7 Å². The van der Waals surface area contributed by atoms with Crippen LogP contribution in [0.15, 0.2) is 84.1 Å². The fourth-order valence-corrected chi connectivity index (χ4v) is 5.25. The normalized spacial score (nSPS) is 19.1. The van der Waals surface area contributed by atoms with Crippen LogP contribution in [0.25, 0.3) is 0 Å². The Labute approximate surface area is 210 Å². The van der Waals surface area contributed by atoms with E-state index >= 15 is 0 Å². The van der Waals surface area contributed by atoms with E-state index < -0.39 is 12.0 Å². The molecule has 1 amide bonds. The third kappa shape index (κ3) is 4.19. The van der Waals surface area contributed by atoms with E-state index in [1.807, 2.05) is 31.2 Å². The lowest BCUT2D eigenvalue weighted by atomic mass is 9.78. The van der Waals surface area contributed by atoms with Gasteiger partial charge in [-0.3, -0.25) is 14.5 Å². The van der Waals surface area contributed by atoms with Gasteiger partial charge in [0.15, 0.2) is 5.78 Å². The molecular formula is C30H28N2O4. The summed E-state index contributed by atoms with van der Waals surface area (Å²) in [6, 6.07) is 22.3. The topological polar surface area (TPSA) is 75.7 Å².